The van der Waals surface area contributed by atoms with Crippen molar-refractivity contribution in [2.75, 3.05) is 45.3 Å². The molecule has 1 unspecified atom stereocenters. The van der Waals surface area contributed by atoms with Crippen molar-refractivity contribution in [3.8, 4) is 0 Å². The minimum absolute atomic E-state index is 0.0964. The molecule has 0 spiro atoms. The van der Waals surface area contributed by atoms with Gasteiger partial charge in [-0.15, -0.1) is 0 Å². The molecule has 124 valence electrons. The molecular weight excluding hydrogens is 292 g/mol. The second-order valence-electron chi connectivity index (χ2n) is 5.86. The van der Waals surface area contributed by atoms with E-state index in [1.807, 2.05) is 18.9 Å². The Bertz CT molecular complexity index is 448. The number of likely N-dealkylation sites (N-methyl/N-ethyl adjacent to an activating group) is 2. The lowest BCUT2D eigenvalue weighted by Gasteiger charge is -2.36. The molecule has 0 amide bonds. The van der Waals surface area contributed by atoms with Gasteiger partial charge in [-0.25, -0.2) is 13.2 Å². The van der Waals surface area contributed by atoms with E-state index in [4.69, 9.17) is 4.74 Å². The number of esters is 1. The van der Waals surface area contributed by atoms with E-state index in [2.05, 4.69) is 5.32 Å². The highest BCUT2D eigenvalue weighted by atomic mass is 32.2. The Hall–Kier alpha value is -0.660. The van der Waals surface area contributed by atoms with Gasteiger partial charge in [-0.2, -0.15) is 0 Å². The summed E-state index contributed by atoms with van der Waals surface area (Å²) in [4.78, 5) is 14.3. The molecule has 1 aliphatic carbocycles. The average molecular weight is 320 g/mol. The van der Waals surface area contributed by atoms with Crippen LogP contribution in [-0.2, 0) is 19.4 Å². The van der Waals surface area contributed by atoms with Crippen LogP contribution in [0.5, 0.6) is 0 Å². The Labute approximate surface area is 128 Å². The first-order valence-electron chi connectivity index (χ1n) is 7.53. The van der Waals surface area contributed by atoms with Crippen LogP contribution in [0.2, 0.25) is 0 Å². The quantitative estimate of drug-likeness (QED) is 0.583. The Morgan fingerprint density at radius 2 is 2.00 bits per heavy atom. The number of sulfone groups is 1. The van der Waals surface area contributed by atoms with E-state index in [0.717, 1.165) is 12.8 Å². The van der Waals surface area contributed by atoms with Crippen molar-refractivity contribution < 1.29 is 17.9 Å². The van der Waals surface area contributed by atoms with Crippen LogP contribution in [0.4, 0.5) is 0 Å². The molecule has 0 saturated heterocycles. The molecule has 0 aromatic rings. The number of nitrogens with one attached hydrogen (secondary N) is 1. The van der Waals surface area contributed by atoms with Gasteiger partial charge in [-0.3, -0.25) is 0 Å². The molecule has 1 fully saturated rings. The first-order valence-corrected chi connectivity index (χ1v) is 9.59. The van der Waals surface area contributed by atoms with Gasteiger partial charge in [0, 0.05) is 19.3 Å². The number of ether oxygens (including phenoxy) is 1. The fourth-order valence-corrected chi connectivity index (χ4v) is 3.25. The zero-order valence-electron chi connectivity index (χ0n) is 13.5. The molecule has 6 nitrogen and oxygen atoms in total. The van der Waals surface area contributed by atoms with Gasteiger partial charge in [-0.05, 0) is 39.3 Å². The smallest absolute Gasteiger partial charge is 0.327 e. The summed E-state index contributed by atoms with van der Waals surface area (Å²) >= 11 is 0. The van der Waals surface area contributed by atoms with Crippen molar-refractivity contribution in [3.05, 3.63) is 0 Å². The van der Waals surface area contributed by atoms with Gasteiger partial charge >= 0.3 is 5.97 Å². The monoisotopic (exact) mass is 320 g/mol. The highest BCUT2D eigenvalue weighted by molar-refractivity contribution is 7.90. The minimum Gasteiger partial charge on any atom is -0.465 e. The van der Waals surface area contributed by atoms with Crippen LogP contribution >= 0.6 is 0 Å². The van der Waals surface area contributed by atoms with E-state index in [0.29, 0.717) is 26.2 Å². The molecule has 0 heterocycles. The van der Waals surface area contributed by atoms with Crippen LogP contribution in [0.1, 0.15) is 26.7 Å². The van der Waals surface area contributed by atoms with Crippen molar-refractivity contribution in [2.45, 2.75) is 32.2 Å². The van der Waals surface area contributed by atoms with Gasteiger partial charge in [-0.1, -0.05) is 6.92 Å². The van der Waals surface area contributed by atoms with Crippen molar-refractivity contribution in [3.63, 3.8) is 0 Å². The van der Waals surface area contributed by atoms with E-state index in [1.165, 1.54) is 6.26 Å². The summed E-state index contributed by atoms with van der Waals surface area (Å²) < 4.78 is 27.8. The normalized spacial score (nSPS) is 18.5. The maximum atomic E-state index is 12.4. The third-order valence-corrected chi connectivity index (χ3v) is 4.69. The number of rotatable bonds is 10. The third kappa shape index (κ3) is 5.56. The minimum atomic E-state index is -3.00. The zero-order valence-corrected chi connectivity index (χ0v) is 14.3. The number of carbonyl (C=O) groups excluding carboxylic acids is 1. The SMILES string of the molecule is CCNC(CN(C)CCS(C)(=O)=O)(C(=O)OCC)C1CC1. The first-order chi connectivity index (χ1) is 9.75. The van der Waals surface area contributed by atoms with Gasteiger partial charge < -0.3 is 15.0 Å². The van der Waals surface area contributed by atoms with Crippen molar-refractivity contribution in [1.82, 2.24) is 10.2 Å². The standard InChI is InChI=1S/C14H28N2O4S/c1-5-15-14(12-7-8-12,13(17)20-6-2)11-16(3)9-10-21(4,18)19/h12,15H,5-11H2,1-4H3. The lowest BCUT2D eigenvalue weighted by Crippen LogP contribution is -2.61. The van der Waals surface area contributed by atoms with Crippen molar-refractivity contribution >= 4 is 15.8 Å². The molecule has 1 atom stereocenters. The topological polar surface area (TPSA) is 75.7 Å². The third-order valence-electron chi connectivity index (χ3n) is 3.77. The van der Waals surface area contributed by atoms with E-state index < -0.39 is 15.4 Å². The van der Waals surface area contributed by atoms with Crippen molar-refractivity contribution in [1.29, 1.82) is 0 Å². The molecule has 1 N–H and O–H groups in total. The summed E-state index contributed by atoms with van der Waals surface area (Å²) in [6.07, 6.45) is 3.24. The summed E-state index contributed by atoms with van der Waals surface area (Å²) in [5, 5.41) is 3.31. The Balaban J connectivity index is 2.78. The molecule has 0 aromatic heterocycles. The van der Waals surface area contributed by atoms with Gasteiger partial charge in [0.1, 0.15) is 15.4 Å². The van der Waals surface area contributed by atoms with Crippen molar-refractivity contribution in [2.24, 2.45) is 5.92 Å². The van der Waals surface area contributed by atoms with E-state index in [1.54, 1.807) is 6.92 Å². The fourth-order valence-electron chi connectivity index (χ4n) is 2.61. The second-order valence-corrected chi connectivity index (χ2v) is 8.12. The maximum Gasteiger partial charge on any atom is 0.327 e. The van der Waals surface area contributed by atoms with E-state index >= 15 is 0 Å². The molecule has 1 aliphatic rings. The largest absolute Gasteiger partial charge is 0.465 e. The second kappa shape index (κ2) is 7.56. The van der Waals surface area contributed by atoms with Crippen LogP contribution in [0.15, 0.2) is 0 Å². The van der Waals surface area contributed by atoms with Gasteiger partial charge in [0.25, 0.3) is 0 Å². The molecule has 21 heavy (non-hydrogen) atoms. The molecule has 1 rings (SSSR count). The molecule has 1 saturated carbocycles. The zero-order chi connectivity index (χ0) is 16.1. The molecule has 7 heteroatoms. The number of nitrogens with zero attached hydrogens (tertiary/aromatic N) is 1. The highest BCUT2D eigenvalue weighted by Crippen LogP contribution is 2.41. The molecule has 0 radical (unpaired) electrons. The predicted molar refractivity (Wildman–Crippen MR) is 83.0 cm³/mol. The summed E-state index contributed by atoms with van der Waals surface area (Å²) in [5.74, 6) is 0.150. The number of carbonyl (C=O) groups is 1. The Kier molecular flexibility index (Phi) is 6.62. The Morgan fingerprint density at radius 1 is 1.38 bits per heavy atom. The molecular formula is C14H28N2O4S. The maximum absolute atomic E-state index is 12.4. The summed E-state index contributed by atoms with van der Waals surface area (Å²) in [7, 11) is -1.15. The van der Waals surface area contributed by atoms with Gasteiger partial charge in [0.15, 0.2) is 0 Å². The van der Waals surface area contributed by atoms with Crippen LogP contribution in [0, 0.1) is 5.92 Å². The lowest BCUT2D eigenvalue weighted by atomic mass is 9.92. The average Bonchev–Trinajstić information content (AvgIpc) is 3.19. The van der Waals surface area contributed by atoms with E-state index in [9.17, 15) is 13.2 Å². The molecule has 0 bridgehead atoms. The van der Waals surface area contributed by atoms with Crippen LogP contribution < -0.4 is 5.32 Å². The summed E-state index contributed by atoms with van der Waals surface area (Å²) in [6.45, 7) is 5.68. The van der Waals surface area contributed by atoms with Gasteiger partial charge in [0.05, 0.1) is 12.4 Å². The molecule has 0 aromatic carbocycles. The predicted octanol–water partition coefficient (Wildman–Crippen LogP) is 0.284. The number of hydrogen-bond donors (Lipinski definition) is 1. The van der Waals surface area contributed by atoms with Crippen LogP contribution in [0.25, 0.3) is 0 Å². The fraction of sp³-hybridized carbons (Fsp3) is 0.929. The van der Waals surface area contributed by atoms with Gasteiger partial charge in [0.2, 0.25) is 0 Å². The lowest BCUT2D eigenvalue weighted by molar-refractivity contribution is -0.153. The first kappa shape index (κ1) is 18.4. The number of hydrogen-bond acceptors (Lipinski definition) is 6. The van der Waals surface area contributed by atoms with E-state index in [-0.39, 0.29) is 17.6 Å². The highest BCUT2D eigenvalue weighted by Gasteiger charge is 2.52. The van der Waals surface area contributed by atoms with Crippen LogP contribution in [0.3, 0.4) is 0 Å². The molecule has 0 aliphatic heterocycles. The Morgan fingerprint density at radius 3 is 2.43 bits per heavy atom. The summed E-state index contributed by atoms with van der Waals surface area (Å²) in [6, 6.07) is 0. The summed E-state index contributed by atoms with van der Waals surface area (Å²) in [5.41, 5.74) is -0.711. The van der Waals surface area contributed by atoms with Crippen LogP contribution in [-0.4, -0.2) is 70.1 Å².